The van der Waals surface area contributed by atoms with Gasteiger partial charge < -0.3 is 20.3 Å². The molecule has 22 heavy (non-hydrogen) atoms. The fraction of sp³-hybridized carbons (Fsp3) is 0.667. The van der Waals surface area contributed by atoms with Crippen LogP contribution in [0.4, 0.5) is 5.69 Å². The lowest BCUT2D eigenvalue weighted by molar-refractivity contribution is 0.145. The van der Waals surface area contributed by atoms with Gasteiger partial charge in [-0.15, -0.1) is 0 Å². The van der Waals surface area contributed by atoms with Crippen molar-refractivity contribution in [2.45, 2.75) is 38.6 Å². The minimum Gasteiger partial charge on any atom is -0.491 e. The molecule has 1 saturated heterocycles. The van der Waals surface area contributed by atoms with Crippen molar-refractivity contribution in [3.63, 3.8) is 0 Å². The Labute approximate surface area is 135 Å². The number of nitrogen functional groups attached to an aromatic ring is 1. The minimum absolute atomic E-state index is 0.723. The van der Waals surface area contributed by atoms with Gasteiger partial charge in [0, 0.05) is 12.6 Å². The smallest absolute Gasteiger partial charge is 0.142 e. The van der Waals surface area contributed by atoms with Crippen molar-refractivity contribution in [3.8, 4) is 5.75 Å². The average Bonchev–Trinajstić information content (AvgIpc) is 2.52. The molecular formula is C18H31N3O. The van der Waals surface area contributed by atoms with E-state index in [2.05, 4.69) is 43.0 Å². The summed E-state index contributed by atoms with van der Waals surface area (Å²) in [5.41, 5.74) is 8.13. The van der Waals surface area contributed by atoms with Gasteiger partial charge in [0.2, 0.25) is 0 Å². The molecule has 1 aliphatic heterocycles. The molecule has 0 bridgehead atoms. The third-order valence-corrected chi connectivity index (χ3v) is 4.60. The predicted molar refractivity (Wildman–Crippen MR) is 93.5 cm³/mol. The van der Waals surface area contributed by atoms with Gasteiger partial charge in [-0.25, -0.2) is 0 Å². The Kier molecular flexibility index (Phi) is 6.52. The van der Waals surface area contributed by atoms with Gasteiger partial charge in [0.25, 0.3) is 0 Å². The van der Waals surface area contributed by atoms with Crippen LogP contribution in [0.5, 0.6) is 5.75 Å². The monoisotopic (exact) mass is 305 g/mol. The maximum Gasteiger partial charge on any atom is 0.142 e. The summed E-state index contributed by atoms with van der Waals surface area (Å²) >= 11 is 0. The summed E-state index contributed by atoms with van der Waals surface area (Å²) in [4.78, 5) is 4.92. The standard InChI is InChI=1S/C18H31N3O/c1-4-13-22-18-6-5-15(14-17(18)19)7-12-21(3)16-8-10-20(2)11-9-16/h5-6,14,16H,4,7-13,19H2,1-3H3. The van der Waals surface area contributed by atoms with E-state index in [9.17, 15) is 0 Å². The molecule has 4 heteroatoms. The second kappa shape index (κ2) is 8.39. The first-order valence-electron chi connectivity index (χ1n) is 8.50. The van der Waals surface area contributed by atoms with Crippen LogP contribution < -0.4 is 10.5 Å². The first-order chi connectivity index (χ1) is 10.6. The molecule has 0 amide bonds. The van der Waals surface area contributed by atoms with E-state index < -0.39 is 0 Å². The topological polar surface area (TPSA) is 41.7 Å². The van der Waals surface area contributed by atoms with Crippen LogP contribution >= 0.6 is 0 Å². The quantitative estimate of drug-likeness (QED) is 0.786. The number of piperidine rings is 1. The van der Waals surface area contributed by atoms with Crippen molar-refractivity contribution in [1.29, 1.82) is 0 Å². The van der Waals surface area contributed by atoms with Crippen LogP contribution in [0.3, 0.4) is 0 Å². The van der Waals surface area contributed by atoms with E-state index in [1.54, 1.807) is 0 Å². The van der Waals surface area contributed by atoms with Crippen LogP contribution in [0, 0.1) is 0 Å². The van der Waals surface area contributed by atoms with Crippen molar-refractivity contribution >= 4 is 5.69 Å². The van der Waals surface area contributed by atoms with E-state index in [1.165, 1.54) is 31.5 Å². The maximum atomic E-state index is 6.08. The summed E-state index contributed by atoms with van der Waals surface area (Å²) in [5.74, 6) is 0.814. The third-order valence-electron chi connectivity index (χ3n) is 4.60. The first-order valence-corrected chi connectivity index (χ1v) is 8.50. The molecule has 2 N–H and O–H groups in total. The zero-order valence-corrected chi connectivity index (χ0v) is 14.3. The van der Waals surface area contributed by atoms with Crippen LogP contribution in [-0.2, 0) is 6.42 Å². The fourth-order valence-corrected chi connectivity index (χ4v) is 3.02. The van der Waals surface area contributed by atoms with E-state index in [1.807, 2.05) is 6.07 Å². The molecule has 0 radical (unpaired) electrons. The Bertz CT molecular complexity index is 456. The van der Waals surface area contributed by atoms with Crippen molar-refractivity contribution < 1.29 is 4.74 Å². The van der Waals surface area contributed by atoms with E-state index in [0.29, 0.717) is 0 Å². The lowest BCUT2D eigenvalue weighted by atomic mass is 10.0. The lowest BCUT2D eigenvalue weighted by Gasteiger charge is -2.35. The van der Waals surface area contributed by atoms with Crippen LogP contribution in [0.2, 0.25) is 0 Å². The number of likely N-dealkylation sites (tertiary alicyclic amines) is 1. The Morgan fingerprint density at radius 3 is 2.68 bits per heavy atom. The van der Waals surface area contributed by atoms with Gasteiger partial charge in [0.1, 0.15) is 5.75 Å². The zero-order chi connectivity index (χ0) is 15.9. The molecule has 0 aromatic heterocycles. The zero-order valence-electron chi connectivity index (χ0n) is 14.3. The maximum absolute atomic E-state index is 6.08. The Balaban J connectivity index is 1.82. The van der Waals surface area contributed by atoms with Crippen molar-refractivity contribution in [1.82, 2.24) is 9.80 Å². The summed E-state index contributed by atoms with van der Waals surface area (Å²) in [5, 5.41) is 0. The number of nitrogens with zero attached hydrogens (tertiary/aromatic N) is 2. The molecular weight excluding hydrogens is 274 g/mol. The van der Waals surface area contributed by atoms with Gasteiger partial charge in [-0.1, -0.05) is 13.0 Å². The summed E-state index contributed by atoms with van der Waals surface area (Å²) in [6.07, 6.45) is 4.60. The number of hydrogen-bond acceptors (Lipinski definition) is 4. The molecule has 0 aliphatic carbocycles. The Morgan fingerprint density at radius 2 is 2.05 bits per heavy atom. The Morgan fingerprint density at radius 1 is 1.32 bits per heavy atom. The summed E-state index contributed by atoms with van der Waals surface area (Å²) in [7, 11) is 4.46. The number of hydrogen-bond donors (Lipinski definition) is 1. The minimum atomic E-state index is 0.723. The number of ether oxygens (including phenoxy) is 1. The van der Waals surface area contributed by atoms with Gasteiger partial charge >= 0.3 is 0 Å². The van der Waals surface area contributed by atoms with Gasteiger partial charge in [-0.05, 0) is 70.6 Å². The molecule has 0 atom stereocenters. The predicted octanol–water partition coefficient (Wildman–Crippen LogP) is 2.63. The van der Waals surface area contributed by atoms with Crippen LogP contribution in [-0.4, -0.2) is 56.2 Å². The second-order valence-corrected chi connectivity index (χ2v) is 6.49. The average molecular weight is 305 g/mol. The molecule has 0 unspecified atom stereocenters. The molecule has 0 spiro atoms. The highest BCUT2D eigenvalue weighted by Crippen LogP contribution is 2.23. The molecule has 1 aromatic rings. The number of anilines is 1. The van der Waals surface area contributed by atoms with Gasteiger partial charge in [-0.3, -0.25) is 0 Å². The summed E-state index contributed by atoms with van der Waals surface area (Å²) < 4.78 is 5.63. The highest BCUT2D eigenvalue weighted by molar-refractivity contribution is 5.54. The van der Waals surface area contributed by atoms with Crippen LogP contribution in [0.25, 0.3) is 0 Å². The second-order valence-electron chi connectivity index (χ2n) is 6.49. The van der Waals surface area contributed by atoms with E-state index in [4.69, 9.17) is 10.5 Å². The first kappa shape index (κ1) is 17.1. The lowest BCUT2D eigenvalue weighted by Crippen LogP contribution is -2.42. The summed E-state index contributed by atoms with van der Waals surface area (Å²) in [6.45, 7) is 6.34. The molecule has 1 fully saturated rings. The SMILES string of the molecule is CCCOc1ccc(CCN(C)C2CCN(C)CC2)cc1N. The third kappa shape index (κ3) is 4.89. The molecule has 2 rings (SSSR count). The molecule has 124 valence electrons. The highest BCUT2D eigenvalue weighted by atomic mass is 16.5. The molecule has 0 saturated carbocycles. The van der Waals surface area contributed by atoms with Crippen LogP contribution in [0.15, 0.2) is 18.2 Å². The Hall–Kier alpha value is -1.26. The highest BCUT2D eigenvalue weighted by Gasteiger charge is 2.20. The molecule has 1 aromatic carbocycles. The van der Waals surface area contributed by atoms with Gasteiger partial charge in [-0.2, -0.15) is 0 Å². The van der Waals surface area contributed by atoms with Crippen molar-refractivity contribution in [2.75, 3.05) is 46.1 Å². The van der Waals surface area contributed by atoms with Crippen molar-refractivity contribution in [3.05, 3.63) is 23.8 Å². The summed E-state index contributed by atoms with van der Waals surface area (Å²) in [6, 6.07) is 6.94. The molecule has 1 heterocycles. The number of benzene rings is 1. The number of likely N-dealkylation sites (N-methyl/N-ethyl adjacent to an activating group) is 1. The molecule has 1 aliphatic rings. The van der Waals surface area contributed by atoms with Gasteiger partial charge in [0.15, 0.2) is 0 Å². The van der Waals surface area contributed by atoms with Crippen LogP contribution in [0.1, 0.15) is 31.7 Å². The van der Waals surface area contributed by atoms with Crippen molar-refractivity contribution in [2.24, 2.45) is 0 Å². The number of rotatable bonds is 7. The van der Waals surface area contributed by atoms with E-state index >= 15 is 0 Å². The number of nitrogens with two attached hydrogens (primary N) is 1. The molecule has 4 nitrogen and oxygen atoms in total. The fourth-order valence-electron chi connectivity index (χ4n) is 3.02. The normalized spacial score (nSPS) is 17.1. The van der Waals surface area contributed by atoms with E-state index in [-0.39, 0.29) is 0 Å². The largest absolute Gasteiger partial charge is 0.491 e. The van der Waals surface area contributed by atoms with Gasteiger partial charge in [0.05, 0.1) is 12.3 Å². The van der Waals surface area contributed by atoms with E-state index in [0.717, 1.165) is 43.5 Å².